The van der Waals surface area contributed by atoms with Crippen LogP contribution < -0.4 is 5.32 Å². The molecule has 0 saturated heterocycles. The fourth-order valence-electron chi connectivity index (χ4n) is 8.56. The van der Waals surface area contributed by atoms with E-state index in [0.29, 0.717) is 5.92 Å². The summed E-state index contributed by atoms with van der Waals surface area (Å²) in [6.45, 7) is 18.4. The Kier molecular flexibility index (Phi) is 3.91. The molecule has 5 atom stereocenters. The lowest BCUT2D eigenvalue weighted by molar-refractivity contribution is -0.132. The lowest BCUT2D eigenvalue weighted by Crippen LogP contribution is -2.56. The largest absolute Gasteiger partial charge is 0.352 e. The van der Waals surface area contributed by atoms with Crippen LogP contribution >= 0.6 is 0 Å². The van der Waals surface area contributed by atoms with Crippen LogP contribution in [-0.4, -0.2) is 21.9 Å². The van der Waals surface area contributed by atoms with E-state index in [1.54, 1.807) is 0 Å². The van der Waals surface area contributed by atoms with Crippen molar-refractivity contribution < 1.29 is 4.79 Å². The van der Waals surface area contributed by atoms with E-state index in [0.717, 1.165) is 41.7 Å². The summed E-state index contributed by atoms with van der Waals surface area (Å²) in [7, 11) is 0. The summed E-state index contributed by atoms with van der Waals surface area (Å²) in [6.07, 6.45) is 5.46. The summed E-state index contributed by atoms with van der Waals surface area (Å²) in [5, 5.41) is 3.64. The van der Waals surface area contributed by atoms with E-state index in [2.05, 4.69) is 72.8 Å². The molecule has 0 spiro atoms. The number of aryl methyl sites for hydroxylation is 2. The van der Waals surface area contributed by atoms with Gasteiger partial charge in [-0.15, -0.1) is 0 Å². The van der Waals surface area contributed by atoms with Crippen molar-refractivity contribution in [1.29, 1.82) is 0 Å². The molecule has 4 aliphatic carbocycles. The Hall–Kier alpha value is -1.97. The predicted octanol–water partition coefficient (Wildman–Crippen LogP) is 5.91. The van der Waals surface area contributed by atoms with E-state index in [9.17, 15) is 4.79 Å². The second kappa shape index (κ2) is 5.98. The van der Waals surface area contributed by atoms with Crippen LogP contribution in [0.1, 0.15) is 96.2 Å². The van der Waals surface area contributed by atoms with Gasteiger partial charge in [-0.2, -0.15) is 0 Å². The number of nitrogens with zero attached hydrogens (tertiary/aromatic N) is 2. The number of carbonyl (C=O) groups excluding carboxylic acids is 1. The van der Waals surface area contributed by atoms with Crippen LogP contribution in [-0.2, 0) is 15.6 Å². The van der Waals surface area contributed by atoms with Gasteiger partial charge < -0.3 is 5.32 Å². The van der Waals surface area contributed by atoms with Gasteiger partial charge in [-0.25, -0.2) is 9.97 Å². The van der Waals surface area contributed by atoms with E-state index >= 15 is 0 Å². The van der Waals surface area contributed by atoms with Crippen molar-refractivity contribution in [3.63, 3.8) is 0 Å². The lowest BCUT2D eigenvalue weighted by Gasteiger charge is -2.43. The van der Waals surface area contributed by atoms with Gasteiger partial charge in [0.1, 0.15) is 0 Å². The number of benzene rings is 1. The molecule has 1 aromatic carbocycles. The number of hydrogen-bond donors (Lipinski definition) is 1. The Morgan fingerprint density at radius 3 is 2.06 bits per heavy atom. The quantitative estimate of drug-likeness (QED) is 0.625. The predicted molar refractivity (Wildman–Crippen MR) is 132 cm³/mol. The summed E-state index contributed by atoms with van der Waals surface area (Å²) < 4.78 is 0. The molecule has 6 rings (SSSR count). The van der Waals surface area contributed by atoms with Gasteiger partial charge in [-0.1, -0.05) is 41.5 Å². The number of amides is 1. The fourth-order valence-corrected chi connectivity index (χ4v) is 8.56. The highest BCUT2D eigenvalue weighted by Gasteiger charge is 2.74. The monoisotopic (exact) mass is 445 g/mol. The van der Waals surface area contributed by atoms with Crippen molar-refractivity contribution in [2.24, 2.45) is 22.2 Å². The van der Waals surface area contributed by atoms with Crippen molar-refractivity contribution in [3.8, 4) is 0 Å². The van der Waals surface area contributed by atoms with E-state index in [4.69, 9.17) is 9.97 Å². The highest BCUT2D eigenvalue weighted by atomic mass is 16.2. The smallest absolute Gasteiger partial charge is 0.233 e. The molecule has 0 radical (unpaired) electrons. The summed E-state index contributed by atoms with van der Waals surface area (Å²) in [6, 6.07) is 4.55. The first-order valence-corrected chi connectivity index (χ1v) is 12.9. The van der Waals surface area contributed by atoms with Gasteiger partial charge in [0.15, 0.2) is 0 Å². The molecule has 2 aromatic rings. The average molecular weight is 446 g/mol. The number of aromatic nitrogens is 2. The number of rotatable bonds is 2. The van der Waals surface area contributed by atoms with Gasteiger partial charge in [0.2, 0.25) is 5.91 Å². The molecular weight excluding hydrogens is 406 g/mol. The number of nitrogens with one attached hydrogen (secondary N) is 1. The minimum atomic E-state index is -0.612. The zero-order valence-electron chi connectivity index (χ0n) is 21.6. The van der Waals surface area contributed by atoms with Gasteiger partial charge in [0, 0.05) is 11.5 Å². The Morgan fingerprint density at radius 1 is 0.909 bits per heavy atom. The molecule has 1 amide bonds. The van der Waals surface area contributed by atoms with Crippen molar-refractivity contribution in [2.75, 3.05) is 0 Å². The van der Waals surface area contributed by atoms with Crippen molar-refractivity contribution in [3.05, 3.63) is 34.6 Å². The maximum Gasteiger partial charge on any atom is 0.233 e. The second-order valence-corrected chi connectivity index (χ2v) is 13.3. The maximum atomic E-state index is 14.4. The number of hydrogen-bond acceptors (Lipinski definition) is 3. The van der Waals surface area contributed by atoms with Crippen molar-refractivity contribution >= 4 is 16.9 Å². The van der Waals surface area contributed by atoms with Crippen molar-refractivity contribution in [2.45, 2.75) is 104 Å². The SMILES string of the molecule is Cc1cc2nc3c(nc2cc1C)C1(C(=O)NC2CC4CCC2(C)C4(C)C)CCC3(C)C1(C)C. The Balaban J connectivity index is 1.48. The summed E-state index contributed by atoms with van der Waals surface area (Å²) in [5.74, 6) is 0.903. The first kappa shape index (κ1) is 21.6. The minimum absolute atomic E-state index is 0.141. The fraction of sp³-hybridized carbons (Fsp3) is 0.690. The molecule has 0 aliphatic heterocycles. The third kappa shape index (κ3) is 2.18. The van der Waals surface area contributed by atoms with Crippen molar-refractivity contribution in [1.82, 2.24) is 15.3 Å². The lowest BCUT2D eigenvalue weighted by atomic mass is 9.63. The van der Waals surface area contributed by atoms with E-state index in [-0.39, 0.29) is 33.6 Å². The molecule has 176 valence electrons. The maximum absolute atomic E-state index is 14.4. The van der Waals surface area contributed by atoms with E-state index in [1.165, 1.54) is 24.0 Å². The average Bonchev–Trinajstić information content (AvgIpc) is 3.22. The van der Waals surface area contributed by atoms with Gasteiger partial charge in [0.25, 0.3) is 0 Å². The molecule has 4 aliphatic rings. The molecule has 1 heterocycles. The van der Waals surface area contributed by atoms with Gasteiger partial charge >= 0.3 is 0 Å². The first-order valence-electron chi connectivity index (χ1n) is 12.9. The molecule has 4 bridgehead atoms. The highest BCUT2D eigenvalue weighted by Crippen LogP contribution is 2.71. The molecular formula is C29H39N3O. The molecule has 3 fully saturated rings. The minimum Gasteiger partial charge on any atom is -0.352 e. The zero-order valence-corrected chi connectivity index (χ0v) is 21.6. The van der Waals surface area contributed by atoms with Gasteiger partial charge in [-0.3, -0.25) is 4.79 Å². The first-order chi connectivity index (χ1) is 15.3. The van der Waals surface area contributed by atoms with Crippen LogP contribution in [0.5, 0.6) is 0 Å². The van der Waals surface area contributed by atoms with Crippen LogP contribution in [0.25, 0.3) is 11.0 Å². The summed E-state index contributed by atoms with van der Waals surface area (Å²) in [4.78, 5) is 24.8. The van der Waals surface area contributed by atoms with Gasteiger partial charge in [-0.05, 0) is 91.4 Å². The Labute approximate surface area is 198 Å². The summed E-state index contributed by atoms with van der Waals surface area (Å²) in [5.41, 5.74) is 5.81. The van der Waals surface area contributed by atoms with Crippen LogP contribution in [0, 0.1) is 36.0 Å². The third-order valence-electron chi connectivity index (χ3n) is 12.1. The topological polar surface area (TPSA) is 54.9 Å². The van der Waals surface area contributed by atoms with Crippen LogP contribution in [0.4, 0.5) is 0 Å². The molecule has 5 unspecified atom stereocenters. The molecule has 1 aromatic heterocycles. The number of carbonyl (C=O) groups is 1. The van der Waals surface area contributed by atoms with E-state index < -0.39 is 5.41 Å². The standard InChI is InChI=1S/C29H39N3O/c1-16-13-19-20(14-17(16)2)31-23-22(30-19)28(8)11-12-29(23,26(28,5)6)24(33)32-21-15-18-9-10-27(21,7)25(18,3)4/h13-14,18,21H,9-12,15H2,1-8H3,(H,32,33). The molecule has 4 nitrogen and oxygen atoms in total. The van der Waals surface area contributed by atoms with Crippen LogP contribution in [0.15, 0.2) is 12.1 Å². The third-order valence-corrected chi connectivity index (χ3v) is 12.1. The Morgan fingerprint density at radius 2 is 1.52 bits per heavy atom. The molecule has 4 heteroatoms. The molecule has 3 saturated carbocycles. The molecule has 33 heavy (non-hydrogen) atoms. The highest BCUT2D eigenvalue weighted by molar-refractivity contribution is 5.93. The zero-order chi connectivity index (χ0) is 23.8. The Bertz CT molecular complexity index is 1230. The molecule has 1 N–H and O–H groups in total. The van der Waals surface area contributed by atoms with Gasteiger partial charge in [0.05, 0.1) is 27.8 Å². The second-order valence-electron chi connectivity index (χ2n) is 13.3. The van der Waals surface area contributed by atoms with Crippen LogP contribution in [0.3, 0.4) is 0 Å². The summed E-state index contributed by atoms with van der Waals surface area (Å²) >= 11 is 0. The van der Waals surface area contributed by atoms with Crippen LogP contribution in [0.2, 0.25) is 0 Å². The normalized spacial score (nSPS) is 39.3. The number of fused-ring (bicyclic) bond motifs is 8. The van der Waals surface area contributed by atoms with E-state index in [1.807, 2.05) is 0 Å².